The maximum Gasteiger partial charge on any atom is 0.176 e. The second-order valence-corrected chi connectivity index (χ2v) is 3.22. The maximum absolute atomic E-state index is 6.06. The summed E-state index contributed by atoms with van der Waals surface area (Å²) in [6.07, 6.45) is -0.359. The monoisotopic (exact) mass is 209 g/mol. The van der Waals surface area contributed by atoms with Gasteiger partial charge >= 0.3 is 0 Å². The molecule has 0 radical (unpaired) electrons. The number of nitrogens with two attached hydrogens (primary N) is 1. The highest BCUT2D eigenvalue weighted by Crippen LogP contribution is 2.17. The fourth-order valence-corrected chi connectivity index (χ4v) is 1.42. The standard InChI is InChI=1S/C12H19NO2/c1-3-14-12(15-4-2)11(13)10-8-6-5-7-9-10/h5-9,11-12H,3-4,13H2,1-2H3. The second kappa shape index (κ2) is 6.56. The van der Waals surface area contributed by atoms with E-state index in [1.54, 1.807) is 0 Å². The molecular formula is C12H19NO2. The zero-order valence-electron chi connectivity index (χ0n) is 9.35. The lowest BCUT2D eigenvalue weighted by atomic mass is 10.1. The van der Waals surface area contributed by atoms with Crippen molar-refractivity contribution in [3.05, 3.63) is 35.9 Å². The molecule has 1 unspecified atom stereocenters. The largest absolute Gasteiger partial charge is 0.351 e. The summed E-state index contributed by atoms with van der Waals surface area (Å²) in [5, 5.41) is 0. The summed E-state index contributed by atoms with van der Waals surface area (Å²) in [4.78, 5) is 0. The first-order valence-electron chi connectivity index (χ1n) is 5.33. The predicted molar refractivity (Wildman–Crippen MR) is 60.4 cm³/mol. The molecule has 84 valence electrons. The molecule has 0 aliphatic heterocycles. The van der Waals surface area contributed by atoms with Crippen LogP contribution in [0, 0.1) is 0 Å². The fourth-order valence-electron chi connectivity index (χ4n) is 1.42. The van der Waals surface area contributed by atoms with Gasteiger partial charge in [0.1, 0.15) is 0 Å². The number of hydrogen-bond donors (Lipinski definition) is 1. The number of benzene rings is 1. The van der Waals surface area contributed by atoms with Crippen LogP contribution in [0.1, 0.15) is 25.5 Å². The van der Waals surface area contributed by atoms with Crippen LogP contribution in [0.25, 0.3) is 0 Å². The Balaban J connectivity index is 2.67. The van der Waals surface area contributed by atoms with Crippen LogP contribution in [0.15, 0.2) is 30.3 Å². The van der Waals surface area contributed by atoms with Crippen molar-refractivity contribution in [2.45, 2.75) is 26.2 Å². The molecule has 0 aliphatic carbocycles. The first-order valence-corrected chi connectivity index (χ1v) is 5.33. The molecule has 1 atom stereocenters. The quantitative estimate of drug-likeness (QED) is 0.729. The predicted octanol–water partition coefficient (Wildman–Crippen LogP) is 2.09. The van der Waals surface area contributed by atoms with Crippen LogP contribution in [0.4, 0.5) is 0 Å². The van der Waals surface area contributed by atoms with Crippen LogP contribution >= 0.6 is 0 Å². The van der Waals surface area contributed by atoms with Gasteiger partial charge in [0.25, 0.3) is 0 Å². The third kappa shape index (κ3) is 3.63. The number of ether oxygens (including phenoxy) is 2. The second-order valence-electron chi connectivity index (χ2n) is 3.22. The topological polar surface area (TPSA) is 44.5 Å². The van der Waals surface area contributed by atoms with Crippen molar-refractivity contribution in [3.8, 4) is 0 Å². The first kappa shape index (κ1) is 12.2. The minimum absolute atomic E-state index is 0.230. The van der Waals surface area contributed by atoms with Gasteiger partial charge in [0, 0.05) is 13.2 Å². The van der Waals surface area contributed by atoms with Crippen molar-refractivity contribution in [1.29, 1.82) is 0 Å². The van der Waals surface area contributed by atoms with Crippen LogP contribution in [-0.4, -0.2) is 19.5 Å². The molecule has 0 amide bonds. The van der Waals surface area contributed by atoms with Gasteiger partial charge in [-0.05, 0) is 19.4 Å². The molecular weight excluding hydrogens is 190 g/mol. The van der Waals surface area contributed by atoms with Crippen LogP contribution in [-0.2, 0) is 9.47 Å². The van der Waals surface area contributed by atoms with Crippen molar-refractivity contribution in [2.24, 2.45) is 5.73 Å². The molecule has 0 aliphatic rings. The molecule has 0 heterocycles. The van der Waals surface area contributed by atoms with Crippen LogP contribution in [0.2, 0.25) is 0 Å². The van der Waals surface area contributed by atoms with Crippen LogP contribution in [0.5, 0.6) is 0 Å². The maximum atomic E-state index is 6.06. The highest BCUT2D eigenvalue weighted by atomic mass is 16.7. The summed E-state index contributed by atoms with van der Waals surface area (Å²) in [6.45, 7) is 5.07. The number of rotatable bonds is 6. The minimum Gasteiger partial charge on any atom is -0.351 e. The lowest BCUT2D eigenvalue weighted by Gasteiger charge is -2.23. The summed E-state index contributed by atoms with van der Waals surface area (Å²) in [5.74, 6) is 0. The molecule has 0 aromatic heterocycles. The van der Waals surface area contributed by atoms with Crippen LogP contribution in [0.3, 0.4) is 0 Å². The molecule has 0 spiro atoms. The molecule has 0 bridgehead atoms. The number of hydrogen-bond acceptors (Lipinski definition) is 3. The Hall–Kier alpha value is -0.900. The van der Waals surface area contributed by atoms with Crippen LogP contribution < -0.4 is 5.73 Å². The fraction of sp³-hybridized carbons (Fsp3) is 0.500. The zero-order valence-corrected chi connectivity index (χ0v) is 9.35. The van der Waals surface area contributed by atoms with E-state index in [0.717, 1.165) is 5.56 Å². The van der Waals surface area contributed by atoms with Gasteiger partial charge in [0.15, 0.2) is 6.29 Å². The molecule has 2 N–H and O–H groups in total. The summed E-state index contributed by atoms with van der Waals surface area (Å²) in [6, 6.07) is 9.62. The summed E-state index contributed by atoms with van der Waals surface area (Å²) < 4.78 is 10.9. The Kier molecular flexibility index (Phi) is 5.32. The Morgan fingerprint density at radius 2 is 1.60 bits per heavy atom. The molecule has 1 rings (SSSR count). The van der Waals surface area contributed by atoms with E-state index in [-0.39, 0.29) is 12.3 Å². The average molecular weight is 209 g/mol. The normalized spacial score (nSPS) is 13.1. The highest BCUT2D eigenvalue weighted by molar-refractivity contribution is 5.18. The van der Waals surface area contributed by atoms with Gasteiger partial charge in [0.05, 0.1) is 6.04 Å². The zero-order chi connectivity index (χ0) is 11.1. The Morgan fingerprint density at radius 1 is 1.07 bits per heavy atom. The molecule has 3 nitrogen and oxygen atoms in total. The Bertz CT molecular complexity index is 258. The van der Waals surface area contributed by atoms with Crippen molar-refractivity contribution >= 4 is 0 Å². The Labute approximate surface area is 91.2 Å². The SMILES string of the molecule is CCOC(OCC)C(N)c1ccccc1. The molecule has 0 fully saturated rings. The van der Waals surface area contributed by atoms with Gasteiger partial charge in [-0.2, -0.15) is 0 Å². The van der Waals surface area contributed by atoms with Gasteiger partial charge < -0.3 is 15.2 Å². The van der Waals surface area contributed by atoms with Gasteiger partial charge in [0.2, 0.25) is 0 Å². The minimum atomic E-state index is -0.359. The first-order chi connectivity index (χ1) is 7.29. The van der Waals surface area contributed by atoms with E-state index in [1.165, 1.54) is 0 Å². The van der Waals surface area contributed by atoms with E-state index < -0.39 is 0 Å². The average Bonchev–Trinajstić information content (AvgIpc) is 2.29. The van der Waals surface area contributed by atoms with Crippen molar-refractivity contribution in [2.75, 3.05) is 13.2 Å². The van der Waals surface area contributed by atoms with E-state index in [9.17, 15) is 0 Å². The Morgan fingerprint density at radius 3 is 2.07 bits per heavy atom. The summed E-state index contributed by atoms with van der Waals surface area (Å²) in [7, 11) is 0. The van der Waals surface area contributed by atoms with Crippen molar-refractivity contribution in [1.82, 2.24) is 0 Å². The molecule has 15 heavy (non-hydrogen) atoms. The van der Waals surface area contributed by atoms with Crippen molar-refractivity contribution in [3.63, 3.8) is 0 Å². The summed E-state index contributed by atoms with van der Waals surface area (Å²) >= 11 is 0. The molecule has 0 saturated heterocycles. The van der Waals surface area contributed by atoms with E-state index in [1.807, 2.05) is 44.2 Å². The summed E-state index contributed by atoms with van der Waals surface area (Å²) in [5.41, 5.74) is 7.09. The van der Waals surface area contributed by atoms with E-state index >= 15 is 0 Å². The van der Waals surface area contributed by atoms with E-state index in [4.69, 9.17) is 15.2 Å². The lowest BCUT2D eigenvalue weighted by Crippen LogP contribution is -2.31. The smallest absolute Gasteiger partial charge is 0.176 e. The van der Waals surface area contributed by atoms with E-state index in [2.05, 4.69) is 0 Å². The highest BCUT2D eigenvalue weighted by Gasteiger charge is 2.19. The third-order valence-corrected chi connectivity index (χ3v) is 2.14. The lowest BCUT2D eigenvalue weighted by molar-refractivity contribution is -0.149. The van der Waals surface area contributed by atoms with Gasteiger partial charge in [-0.15, -0.1) is 0 Å². The van der Waals surface area contributed by atoms with Gasteiger partial charge in [-0.25, -0.2) is 0 Å². The van der Waals surface area contributed by atoms with Gasteiger partial charge in [-0.1, -0.05) is 30.3 Å². The van der Waals surface area contributed by atoms with E-state index in [0.29, 0.717) is 13.2 Å². The molecule has 3 heteroatoms. The molecule has 1 aromatic carbocycles. The molecule has 0 saturated carbocycles. The third-order valence-electron chi connectivity index (χ3n) is 2.14. The molecule has 1 aromatic rings. The van der Waals surface area contributed by atoms with Crippen molar-refractivity contribution < 1.29 is 9.47 Å². The van der Waals surface area contributed by atoms with Gasteiger partial charge in [-0.3, -0.25) is 0 Å².